The minimum absolute atomic E-state index is 0.0716. The van der Waals surface area contributed by atoms with Gasteiger partial charge in [0.05, 0.1) is 10.6 Å². The van der Waals surface area contributed by atoms with Crippen LogP contribution in [0.4, 0.5) is 5.69 Å². The molecule has 7 heteroatoms. The van der Waals surface area contributed by atoms with Gasteiger partial charge in [0, 0.05) is 30.7 Å². The Morgan fingerprint density at radius 3 is 2.41 bits per heavy atom. The number of carbonyl (C=O) groups is 1. The predicted molar refractivity (Wildman–Crippen MR) is 110 cm³/mol. The first-order valence-corrected chi connectivity index (χ1v) is 10.8. The van der Waals surface area contributed by atoms with Crippen LogP contribution in [0, 0.1) is 0 Å². The summed E-state index contributed by atoms with van der Waals surface area (Å²) in [6.07, 6.45) is 1.90. The molecule has 0 aliphatic heterocycles. The Kier molecular flexibility index (Phi) is 7.27. The van der Waals surface area contributed by atoms with E-state index in [0.717, 1.165) is 17.1 Å². The highest BCUT2D eigenvalue weighted by Gasteiger charge is 2.23. The average Bonchev–Trinajstić information content (AvgIpc) is 2.67. The van der Waals surface area contributed by atoms with Gasteiger partial charge < -0.3 is 4.90 Å². The molecule has 0 saturated heterocycles. The molecule has 27 heavy (non-hydrogen) atoms. The van der Waals surface area contributed by atoms with Gasteiger partial charge in [0.15, 0.2) is 0 Å². The van der Waals surface area contributed by atoms with Crippen molar-refractivity contribution in [1.82, 2.24) is 4.90 Å². The molecule has 0 aliphatic carbocycles. The smallest absolute Gasteiger partial charge is 0.264 e. The number of hydrogen-bond acceptors (Lipinski definition) is 3. The topological polar surface area (TPSA) is 57.7 Å². The van der Waals surface area contributed by atoms with Crippen molar-refractivity contribution >= 4 is 33.2 Å². The summed E-state index contributed by atoms with van der Waals surface area (Å²) in [5.74, 6) is -0.159. The highest BCUT2D eigenvalue weighted by Crippen LogP contribution is 2.25. The maximum atomic E-state index is 13.0. The van der Waals surface area contributed by atoms with Crippen molar-refractivity contribution in [2.75, 3.05) is 24.4 Å². The molecule has 0 aliphatic rings. The van der Waals surface area contributed by atoms with Gasteiger partial charge >= 0.3 is 0 Å². The zero-order valence-corrected chi connectivity index (χ0v) is 17.4. The number of amides is 1. The largest absolute Gasteiger partial charge is 0.339 e. The number of carbonyl (C=O) groups excluding carboxylic acids is 1. The summed E-state index contributed by atoms with van der Waals surface area (Å²) in [6, 6.07) is 12.8. The first-order valence-electron chi connectivity index (χ1n) is 8.95. The van der Waals surface area contributed by atoms with Crippen LogP contribution in [0.5, 0.6) is 0 Å². The van der Waals surface area contributed by atoms with E-state index in [2.05, 4.69) is 6.92 Å². The molecular weight excluding hydrogens is 384 g/mol. The standard InChI is InChI=1S/C20H25ClN2O3S/c1-4-6-13-23(5-2)20(24)16-9-7-12-19(14-16)27(25,26)22(3)18-11-8-10-17(21)15-18/h7-12,14-15H,4-6,13H2,1-3H3. The number of halogens is 1. The van der Waals surface area contributed by atoms with E-state index in [9.17, 15) is 13.2 Å². The van der Waals surface area contributed by atoms with Crippen LogP contribution in [0.25, 0.3) is 0 Å². The summed E-state index contributed by atoms with van der Waals surface area (Å²) >= 11 is 5.97. The molecule has 0 N–H and O–H groups in total. The highest BCUT2D eigenvalue weighted by molar-refractivity contribution is 7.92. The minimum Gasteiger partial charge on any atom is -0.339 e. The number of anilines is 1. The Balaban J connectivity index is 2.33. The molecule has 1 amide bonds. The van der Waals surface area contributed by atoms with Gasteiger partial charge in [-0.2, -0.15) is 0 Å². The van der Waals surface area contributed by atoms with Crippen LogP contribution in [-0.2, 0) is 10.0 Å². The van der Waals surface area contributed by atoms with Crippen molar-refractivity contribution in [1.29, 1.82) is 0 Å². The third-order valence-electron chi connectivity index (χ3n) is 4.36. The van der Waals surface area contributed by atoms with Crippen molar-refractivity contribution < 1.29 is 13.2 Å². The lowest BCUT2D eigenvalue weighted by Crippen LogP contribution is -2.32. The molecule has 0 atom stereocenters. The number of sulfonamides is 1. The molecule has 0 saturated carbocycles. The average molecular weight is 409 g/mol. The number of rotatable bonds is 8. The lowest BCUT2D eigenvalue weighted by Gasteiger charge is -2.22. The van der Waals surface area contributed by atoms with Gasteiger partial charge in [0.25, 0.3) is 15.9 Å². The molecule has 5 nitrogen and oxygen atoms in total. The highest BCUT2D eigenvalue weighted by atomic mass is 35.5. The second-order valence-corrected chi connectivity index (χ2v) is 8.62. The molecule has 0 bridgehead atoms. The monoisotopic (exact) mass is 408 g/mol. The lowest BCUT2D eigenvalue weighted by molar-refractivity contribution is 0.0762. The van der Waals surface area contributed by atoms with Gasteiger partial charge in [-0.25, -0.2) is 8.42 Å². The van der Waals surface area contributed by atoms with E-state index in [1.54, 1.807) is 41.3 Å². The van der Waals surface area contributed by atoms with Crippen LogP contribution in [0.1, 0.15) is 37.0 Å². The summed E-state index contributed by atoms with van der Waals surface area (Å²) in [6.45, 7) is 5.22. The molecule has 0 heterocycles. The maximum absolute atomic E-state index is 13.0. The number of unbranched alkanes of at least 4 members (excludes halogenated alkanes) is 1. The van der Waals surface area contributed by atoms with Crippen LogP contribution in [0.3, 0.4) is 0 Å². The Labute approximate surface area is 166 Å². The second-order valence-electron chi connectivity index (χ2n) is 6.22. The van der Waals surface area contributed by atoms with E-state index in [1.165, 1.54) is 19.2 Å². The molecule has 146 valence electrons. The number of nitrogens with zero attached hydrogens (tertiary/aromatic N) is 2. The summed E-state index contributed by atoms with van der Waals surface area (Å²) in [5, 5.41) is 0.452. The Morgan fingerprint density at radius 2 is 1.78 bits per heavy atom. The zero-order valence-electron chi connectivity index (χ0n) is 15.9. The van der Waals surface area contributed by atoms with Crippen LogP contribution < -0.4 is 4.31 Å². The van der Waals surface area contributed by atoms with Crippen molar-refractivity contribution in [2.45, 2.75) is 31.6 Å². The lowest BCUT2D eigenvalue weighted by atomic mass is 10.2. The van der Waals surface area contributed by atoms with Crippen LogP contribution >= 0.6 is 11.6 Å². The van der Waals surface area contributed by atoms with E-state index in [4.69, 9.17) is 11.6 Å². The van der Waals surface area contributed by atoms with E-state index in [1.807, 2.05) is 6.92 Å². The van der Waals surface area contributed by atoms with Crippen LogP contribution in [0.2, 0.25) is 5.02 Å². The molecule has 0 fully saturated rings. The predicted octanol–water partition coefficient (Wildman–Crippen LogP) is 4.43. The van der Waals surface area contributed by atoms with Gasteiger partial charge in [0.2, 0.25) is 0 Å². The molecule has 0 radical (unpaired) electrons. The second kappa shape index (κ2) is 9.24. The summed E-state index contributed by atoms with van der Waals surface area (Å²) < 4.78 is 27.1. The summed E-state index contributed by atoms with van der Waals surface area (Å²) in [4.78, 5) is 14.5. The van der Waals surface area contributed by atoms with Gasteiger partial charge in [-0.1, -0.05) is 37.1 Å². The van der Waals surface area contributed by atoms with Gasteiger partial charge in [-0.05, 0) is 49.7 Å². The van der Waals surface area contributed by atoms with Gasteiger partial charge in [0.1, 0.15) is 0 Å². The van der Waals surface area contributed by atoms with Crippen molar-refractivity contribution in [3.63, 3.8) is 0 Å². The Bertz CT molecular complexity index is 900. The van der Waals surface area contributed by atoms with Gasteiger partial charge in [-0.3, -0.25) is 9.10 Å². The molecule has 2 aromatic carbocycles. The normalized spacial score (nSPS) is 11.3. The fourth-order valence-electron chi connectivity index (χ4n) is 2.69. The summed E-state index contributed by atoms with van der Waals surface area (Å²) in [5.41, 5.74) is 0.825. The molecular formula is C20H25ClN2O3S. The molecule has 0 spiro atoms. The fraction of sp³-hybridized carbons (Fsp3) is 0.350. The van der Waals surface area contributed by atoms with Gasteiger partial charge in [-0.15, -0.1) is 0 Å². The minimum atomic E-state index is -3.81. The quantitative estimate of drug-likeness (QED) is 0.649. The van der Waals surface area contributed by atoms with E-state index in [-0.39, 0.29) is 10.8 Å². The van der Waals surface area contributed by atoms with E-state index in [0.29, 0.717) is 29.4 Å². The molecule has 0 aromatic heterocycles. The third-order valence-corrected chi connectivity index (χ3v) is 6.38. The fourth-order valence-corrected chi connectivity index (χ4v) is 4.11. The van der Waals surface area contributed by atoms with Crippen molar-refractivity contribution in [2.24, 2.45) is 0 Å². The Hall–Kier alpha value is -2.05. The maximum Gasteiger partial charge on any atom is 0.264 e. The number of hydrogen-bond donors (Lipinski definition) is 0. The van der Waals surface area contributed by atoms with E-state index >= 15 is 0 Å². The Morgan fingerprint density at radius 1 is 1.07 bits per heavy atom. The third kappa shape index (κ3) is 5.02. The molecule has 2 aromatic rings. The number of benzene rings is 2. The van der Waals surface area contributed by atoms with Crippen LogP contribution in [-0.4, -0.2) is 39.4 Å². The molecule has 0 unspecified atom stereocenters. The SMILES string of the molecule is CCCCN(CC)C(=O)c1cccc(S(=O)(=O)N(C)c2cccc(Cl)c2)c1. The van der Waals surface area contributed by atoms with Crippen molar-refractivity contribution in [3.8, 4) is 0 Å². The van der Waals surface area contributed by atoms with E-state index < -0.39 is 10.0 Å². The first-order chi connectivity index (χ1) is 12.8. The zero-order chi connectivity index (χ0) is 20.0. The summed E-state index contributed by atoms with van der Waals surface area (Å²) in [7, 11) is -2.34. The van der Waals surface area contributed by atoms with Crippen LogP contribution in [0.15, 0.2) is 53.4 Å². The first kappa shape index (κ1) is 21.3. The molecule has 2 rings (SSSR count). The van der Waals surface area contributed by atoms with Crippen molar-refractivity contribution in [3.05, 3.63) is 59.1 Å².